The molecular weight excluding hydrogens is 372 g/mol. The van der Waals surface area contributed by atoms with Crippen LogP contribution in [-0.2, 0) is 9.59 Å². The van der Waals surface area contributed by atoms with Crippen molar-refractivity contribution < 1.29 is 14.7 Å². The van der Waals surface area contributed by atoms with Gasteiger partial charge in [-0.2, -0.15) is 0 Å². The van der Waals surface area contributed by atoms with E-state index in [0.717, 1.165) is 19.3 Å². The number of hydrogen-bond acceptors (Lipinski definition) is 3. The smallest absolute Gasteiger partial charge is 0.129 e. The zero-order valence-corrected chi connectivity index (χ0v) is 23.7. The van der Waals surface area contributed by atoms with Crippen molar-refractivity contribution in [3.63, 3.8) is 0 Å². The van der Waals surface area contributed by atoms with Gasteiger partial charge in [0.1, 0.15) is 11.6 Å². The first kappa shape index (κ1) is 47.2. The quantitative estimate of drug-likeness (QED) is 0.432. The molecule has 0 unspecified atom stereocenters. The molecule has 0 aromatic carbocycles. The van der Waals surface area contributed by atoms with Gasteiger partial charge in [-0.05, 0) is 27.2 Å². The van der Waals surface area contributed by atoms with Crippen LogP contribution in [0.5, 0.6) is 0 Å². The predicted octanol–water partition coefficient (Wildman–Crippen LogP) is 9.59. The van der Waals surface area contributed by atoms with E-state index in [0.29, 0.717) is 12.2 Å². The minimum Gasteiger partial charge on any atom is -0.397 e. The maximum atomic E-state index is 10.2. The highest BCUT2D eigenvalue weighted by Gasteiger charge is 1.87. The highest BCUT2D eigenvalue weighted by molar-refractivity contribution is 5.75. The van der Waals surface area contributed by atoms with E-state index in [2.05, 4.69) is 62.3 Å². The largest absolute Gasteiger partial charge is 0.397 e. The molecule has 0 aliphatic carbocycles. The van der Waals surface area contributed by atoms with Gasteiger partial charge in [0, 0.05) is 19.4 Å². The third kappa shape index (κ3) is 274. The number of hydrogen-bond donors (Lipinski definition) is 1. The predicted molar refractivity (Wildman–Crippen MR) is 142 cm³/mol. The number of aliphatic hydroxyl groups is 1. The zero-order chi connectivity index (χ0) is 25.6. The number of Topliss-reactive ketones (excluding diaryl/α,β-unsaturated/α-hetero) is 2. The van der Waals surface area contributed by atoms with E-state index in [1.165, 1.54) is 44.9 Å². The molecule has 30 heavy (non-hydrogen) atoms. The Kier molecular flexibility index (Phi) is 111. The van der Waals surface area contributed by atoms with Gasteiger partial charge in [0.05, 0.1) is 0 Å². The molecule has 0 aromatic rings. The Morgan fingerprint density at radius 3 is 0.767 bits per heavy atom. The van der Waals surface area contributed by atoms with Gasteiger partial charge >= 0.3 is 0 Å². The lowest BCUT2D eigenvalue weighted by atomic mass is 10.2. The van der Waals surface area contributed by atoms with Crippen molar-refractivity contribution >= 4 is 11.6 Å². The molecule has 0 bridgehead atoms. The van der Waals surface area contributed by atoms with Crippen molar-refractivity contribution in [3.8, 4) is 0 Å². The Labute approximate surface area is 193 Å². The topological polar surface area (TPSA) is 54.4 Å². The fraction of sp³-hybridized carbons (Fsp3) is 0.926. The molecule has 0 spiro atoms. The van der Waals surface area contributed by atoms with E-state index < -0.39 is 0 Å². The first-order valence-electron chi connectivity index (χ1n) is 12.7. The van der Waals surface area contributed by atoms with Crippen molar-refractivity contribution in [1.82, 2.24) is 0 Å². The molecule has 0 rings (SSSR count). The molecule has 0 aliphatic heterocycles. The Morgan fingerprint density at radius 1 is 0.533 bits per heavy atom. The average Bonchev–Trinajstić information content (AvgIpc) is 2.74. The molecule has 0 radical (unpaired) electrons. The molecule has 0 heterocycles. The normalized spacial score (nSPS) is 7.53. The van der Waals surface area contributed by atoms with Crippen LogP contribution in [0.2, 0.25) is 0 Å². The molecule has 3 nitrogen and oxygen atoms in total. The SMILES string of the molecule is CCC.CCC(C)=O.CCCC.CCCC.CCCC.CCCCC(C)=O.CCO. The lowest BCUT2D eigenvalue weighted by Crippen LogP contribution is -1.86. The molecule has 1 N–H and O–H groups in total. The summed E-state index contributed by atoms with van der Waals surface area (Å²) in [5.41, 5.74) is 0. The van der Waals surface area contributed by atoms with Crippen LogP contribution in [0.4, 0.5) is 0 Å². The van der Waals surface area contributed by atoms with E-state index >= 15 is 0 Å². The fourth-order valence-electron chi connectivity index (χ4n) is 0.426. The lowest BCUT2D eigenvalue weighted by molar-refractivity contribution is -0.117. The molecule has 190 valence electrons. The number of ketones is 2. The van der Waals surface area contributed by atoms with E-state index in [4.69, 9.17) is 5.11 Å². The van der Waals surface area contributed by atoms with Gasteiger partial charge in [0.15, 0.2) is 0 Å². The Hall–Kier alpha value is -0.700. The van der Waals surface area contributed by atoms with Crippen molar-refractivity contribution in [2.75, 3.05) is 6.61 Å². The summed E-state index contributed by atoms with van der Waals surface area (Å²) < 4.78 is 0. The van der Waals surface area contributed by atoms with Crippen LogP contribution in [0.3, 0.4) is 0 Å². The number of rotatable bonds is 7. The van der Waals surface area contributed by atoms with Crippen LogP contribution in [0.25, 0.3) is 0 Å². The second kappa shape index (κ2) is 70.5. The van der Waals surface area contributed by atoms with Gasteiger partial charge in [0.25, 0.3) is 0 Å². The number of carbonyl (C=O) groups is 2. The molecule has 0 saturated heterocycles. The summed E-state index contributed by atoms with van der Waals surface area (Å²) in [7, 11) is 0. The molecular formula is C27H64O3. The van der Waals surface area contributed by atoms with Gasteiger partial charge in [-0.3, -0.25) is 0 Å². The first-order valence-corrected chi connectivity index (χ1v) is 12.7. The van der Waals surface area contributed by atoms with Crippen molar-refractivity contribution in [1.29, 1.82) is 0 Å². The highest BCUT2D eigenvalue weighted by atomic mass is 16.2. The van der Waals surface area contributed by atoms with Crippen LogP contribution in [0, 0.1) is 0 Å². The Morgan fingerprint density at radius 2 is 0.733 bits per heavy atom. The van der Waals surface area contributed by atoms with Crippen molar-refractivity contribution in [2.45, 2.75) is 161 Å². The summed E-state index contributed by atoms with van der Waals surface area (Å²) in [6.45, 7) is 26.4. The number of carbonyl (C=O) groups excluding carboxylic acids is 2. The van der Waals surface area contributed by atoms with Crippen LogP contribution < -0.4 is 0 Å². The summed E-state index contributed by atoms with van der Waals surface area (Å²) in [4.78, 5) is 20.0. The molecule has 0 saturated carbocycles. The fourth-order valence-corrected chi connectivity index (χ4v) is 0.426. The average molecular weight is 437 g/mol. The second-order valence-corrected chi connectivity index (χ2v) is 6.88. The first-order chi connectivity index (χ1) is 14.1. The van der Waals surface area contributed by atoms with Crippen LogP contribution in [0.1, 0.15) is 161 Å². The number of aliphatic hydroxyl groups excluding tert-OH is 1. The maximum absolute atomic E-state index is 10.2. The molecule has 3 heteroatoms. The summed E-state index contributed by atoms with van der Waals surface area (Å²) in [5.74, 6) is 0.562. The van der Waals surface area contributed by atoms with Gasteiger partial charge < -0.3 is 14.7 Å². The van der Waals surface area contributed by atoms with Crippen molar-refractivity contribution in [3.05, 3.63) is 0 Å². The molecule has 0 aromatic heterocycles. The third-order valence-corrected chi connectivity index (χ3v) is 2.88. The highest BCUT2D eigenvalue weighted by Crippen LogP contribution is 1.92. The van der Waals surface area contributed by atoms with E-state index in [1.54, 1.807) is 20.8 Å². The van der Waals surface area contributed by atoms with Crippen LogP contribution in [-0.4, -0.2) is 23.3 Å². The maximum Gasteiger partial charge on any atom is 0.129 e. The third-order valence-electron chi connectivity index (χ3n) is 2.88. The summed E-state index contributed by atoms with van der Waals surface area (Å²) >= 11 is 0. The lowest BCUT2D eigenvalue weighted by Gasteiger charge is -1.86. The van der Waals surface area contributed by atoms with Gasteiger partial charge in [-0.1, -0.05) is 121 Å². The zero-order valence-electron chi connectivity index (χ0n) is 23.7. The van der Waals surface area contributed by atoms with Gasteiger partial charge in [0.2, 0.25) is 0 Å². The standard InChI is InChI=1S/C6H12O.C4H8O.3C4H10.C3H8.C2H6O/c1-3-4-5-6(2)7;1-3-4(2)5;3*1-3-4-2;1-3-2;1-2-3/h3-5H2,1-2H3;3H2,1-2H3;3*3-4H2,1-2H3;3H2,1-2H3;3H,2H2,1H3. The summed E-state index contributed by atoms with van der Waals surface area (Å²) in [6, 6.07) is 0. The van der Waals surface area contributed by atoms with Gasteiger partial charge in [-0.15, -0.1) is 0 Å². The van der Waals surface area contributed by atoms with E-state index in [-0.39, 0.29) is 12.4 Å². The Bertz CT molecular complexity index is 209. The second-order valence-electron chi connectivity index (χ2n) is 6.88. The minimum absolute atomic E-state index is 0.250. The Balaban J connectivity index is -0.0000000421. The summed E-state index contributed by atoms with van der Waals surface area (Å²) in [5, 5.41) is 7.57. The van der Waals surface area contributed by atoms with Crippen LogP contribution >= 0.6 is 0 Å². The van der Waals surface area contributed by atoms with E-state index in [1.807, 2.05) is 6.92 Å². The molecule has 0 amide bonds. The summed E-state index contributed by atoms with van der Waals surface area (Å²) in [6.07, 6.45) is 12.8. The number of unbranched alkanes of at least 4 members (excludes halogenated alkanes) is 4. The van der Waals surface area contributed by atoms with Crippen LogP contribution in [0.15, 0.2) is 0 Å². The van der Waals surface area contributed by atoms with Gasteiger partial charge in [-0.25, -0.2) is 0 Å². The van der Waals surface area contributed by atoms with E-state index in [9.17, 15) is 9.59 Å². The van der Waals surface area contributed by atoms with Crippen molar-refractivity contribution in [2.24, 2.45) is 0 Å². The monoisotopic (exact) mass is 436 g/mol. The molecule has 0 aliphatic rings. The molecule has 0 atom stereocenters. The molecule has 0 fully saturated rings. The minimum atomic E-state index is 0.250.